The maximum absolute atomic E-state index is 11.7. The maximum Gasteiger partial charge on any atom is 0.305 e. The Morgan fingerprint density at radius 1 is 1.37 bits per heavy atom. The number of hydrogen-bond acceptors (Lipinski definition) is 5. The lowest BCUT2D eigenvalue weighted by Gasteiger charge is -2.25. The zero-order valence-corrected chi connectivity index (χ0v) is 11.5. The number of ether oxygens (including phenoxy) is 1. The van der Waals surface area contributed by atoms with Crippen LogP contribution < -0.4 is 11.1 Å². The topological polar surface area (TPSA) is 119 Å². The average Bonchev–Trinajstić information content (AvgIpc) is 2.31. The maximum atomic E-state index is 11.7. The van der Waals surface area contributed by atoms with Gasteiger partial charge in [-0.05, 0) is 5.92 Å². The van der Waals surface area contributed by atoms with E-state index in [1.165, 1.54) is 6.92 Å². The van der Waals surface area contributed by atoms with E-state index in [2.05, 4.69) is 5.32 Å². The van der Waals surface area contributed by atoms with Gasteiger partial charge in [-0.25, -0.2) is 0 Å². The third-order valence-corrected chi connectivity index (χ3v) is 2.86. The molecule has 7 heteroatoms. The molecule has 0 bridgehead atoms. The van der Waals surface area contributed by atoms with E-state index in [1.54, 1.807) is 0 Å². The van der Waals surface area contributed by atoms with Crippen molar-refractivity contribution in [2.75, 3.05) is 6.61 Å². The molecule has 0 aromatic rings. The smallest absolute Gasteiger partial charge is 0.305 e. The van der Waals surface area contributed by atoms with E-state index < -0.39 is 30.3 Å². The van der Waals surface area contributed by atoms with Crippen molar-refractivity contribution in [3.8, 4) is 0 Å². The molecular formula is C12H22N2O5. The molecule has 0 heterocycles. The van der Waals surface area contributed by atoms with E-state index in [9.17, 15) is 14.4 Å². The van der Waals surface area contributed by atoms with Crippen LogP contribution >= 0.6 is 0 Å². The lowest BCUT2D eigenvalue weighted by molar-refractivity contribution is -0.143. The molecule has 3 atom stereocenters. The summed E-state index contributed by atoms with van der Waals surface area (Å²) >= 11 is 0. The van der Waals surface area contributed by atoms with Crippen molar-refractivity contribution >= 4 is 17.8 Å². The molecule has 110 valence electrons. The number of nitrogens with one attached hydrogen (secondary N) is 1. The number of nitrogens with two attached hydrogens (primary N) is 1. The van der Waals surface area contributed by atoms with Gasteiger partial charge in [0.25, 0.3) is 0 Å². The van der Waals surface area contributed by atoms with E-state index in [4.69, 9.17) is 15.6 Å². The molecule has 0 aliphatic carbocycles. The number of carbonyl (C=O) groups is 3. The predicted octanol–water partition coefficient (Wildman–Crippen LogP) is -0.118. The van der Waals surface area contributed by atoms with E-state index in [0.717, 1.165) is 6.42 Å². The predicted molar refractivity (Wildman–Crippen MR) is 68.2 cm³/mol. The first kappa shape index (κ1) is 17.4. The van der Waals surface area contributed by atoms with E-state index in [1.807, 2.05) is 13.8 Å². The Morgan fingerprint density at radius 3 is 2.37 bits per heavy atom. The van der Waals surface area contributed by atoms with Crippen molar-refractivity contribution in [3.05, 3.63) is 0 Å². The normalized spacial score (nSPS) is 15.2. The van der Waals surface area contributed by atoms with E-state index in [0.29, 0.717) is 0 Å². The van der Waals surface area contributed by atoms with Crippen LogP contribution in [0.1, 0.15) is 33.6 Å². The summed E-state index contributed by atoms with van der Waals surface area (Å²) in [5.74, 6) is -2.04. The molecule has 0 radical (unpaired) electrons. The van der Waals surface area contributed by atoms with E-state index in [-0.39, 0.29) is 18.6 Å². The Balaban J connectivity index is 4.49. The van der Waals surface area contributed by atoms with Gasteiger partial charge in [0, 0.05) is 6.92 Å². The molecule has 0 saturated heterocycles. The highest BCUT2D eigenvalue weighted by Gasteiger charge is 2.24. The number of esters is 1. The molecule has 7 nitrogen and oxygen atoms in total. The lowest BCUT2D eigenvalue weighted by atomic mass is 9.99. The fraction of sp³-hybridized carbons (Fsp3) is 0.750. The Kier molecular flexibility index (Phi) is 7.74. The fourth-order valence-corrected chi connectivity index (χ4v) is 1.41. The summed E-state index contributed by atoms with van der Waals surface area (Å²) in [4.78, 5) is 33.0. The Labute approximate surface area is 112 Å². The van der Waals surface area contributed by atoms with E-state index >= 15 is 0 Å². The van der Waals surface area contributed by atoms with Crippen molar-refractivity contribution in [3.63, 3.8) is 0 Å². The molecule has 0 aromatic heterocycles. The van der Waals surface area contributed by atoms with Crippen LogP contribution in [-0.4, -0.2) is 41.6 Å². The van der Waals surface area contributed by atoms with Gasteiger partial charge in [-0.3, -0.25) is 14.4 Å². The molecule has 0 rings (SSSR count). The Morgan fingerprint density at radius 2 is 1.95 bits per heavy atom. The second kappa shape index (κ2) is 8.47. The van der Waals surface area contributed by atoms with Gasteiger partial charge in [0.2, 0.25) is 5.91 Å². The van der Waals surface area contributed by atoms with Crippen LogP contribution in [-0.2, 0) is 19.1 Å². The second-order valence-electron chi connectivity index (χ2n) is 4.51. The van der Waals surface area contributed by atoms with Gasteiger partial charge in [-0.2, -0.15) is 0 Å². The lowest BCUT2D eigenvalue weighted by Crippen LogP contribution is -2.50. The first-order chi connectivity index (χ1) is 8.77. The summed E-state index contributed by atoms with van der Waals surface area (Å²) in [6.45, 7) is 5.17. The van der Waals surface area contributed by atoms with Crippen LogP contribution in [0, 0.1) is 5.92 Å². The van der Waals surface area contributed by atoms with Crippen molar-refractivity contribution in [2.24, 2.45) is 11.7 Å². The number of amides is 1. The van der Waals surface area contributed by atoms with Crippen LogP contribution in [0.3, 0.4) is 0 Å². The third-order valence-electron chi connectivity index (χ3n) is 2.86. The van der Waals surface area contributed by atoms with Crippen molar-refractivity contribution < 1.29 is 24.2 Å². The zero-order valence-electron chi connectivity index (χ0n) is 11.5. The minimum Gasteiger partial charge on any atom is -0.481 e. The van der Waals surface area contributed by atoms with Crippen LogP contribution in [0.2, 0.25) is 0 Å². The summed E-state index contributed by atoms with van der Waals surface area (Å²) in [6, 6.07) is -1.48. The zero-order chi connectivity index (χ0) is 15.0. The van der Waals surface area contributed by atoms with Gasteiger partial charge < -0.3 is 20.9 Å². The molecule has 0 aliphatic heterocycles. The minimum atomic E-state index is -1.14. The molecular weight excluding hydrogens is 252 g/mol. The SMILES string of the molecule is CCC(C)[C@@H](COC(C)=O)NC(=O)[C@H](N)CC(=O)O. The van der Waals surface area contributed by atoms with Crippen molar-refractivity contribution in [1.82, 2.24) is 5.32 Å². The standard InChI is InChI=1S/C12H22N2O5/c1-4-7(2)10(6-19-8(3)15)14-12(18)9(13)5-11(16)17/h7,9-10H,4-6,13H2,1-3H3,(H,14,18)(H,16,17)/t7?,9-,10-/m1/s1. The van der Waals surface area contributed by atoms with Gasteiger partial charge in [0.1, 0.15) is 6.61 Å². The Hall–Kier alpha value is -1.63. The molecule has 19 heavy (non-hydrogen) atoms. The van der Waals surface area contributed by atoms with Crippen LogP contribution in [0.4, 0.5) is 0 Å². The fourth-order valence-electron chi connectivity index (χ4n) is 1.41. The second-order valence-corrected chi connectivity index (χ2v) is 4.51. The third kappa shape index (κ3) is 7.40. The first-order valence-corrected chi connectivity index (χ1v) is 6.19. The number of aliphatic carboxylic acids is 1. The highest BCUT2D eigenvalue weighted by atomic mass is 16.5. The molecule has 0 aliphatic rings. The molecule has 1 unspecified atom stereocenters. The molecule has 0 saturated carbocycles. The highest BCUT2D eigenvalue weighted by Crippen LogP contribution is 2.09. The summed E-state index contributed by atoms with van der Waals surface area (Å²) in [7, 11) is 0. The summed E-state index contributed by atoms with van der Waals surface area (Å²) in [6.07, 6.45) is 0.340. The van der Waals surface area contributed by atoms with Gasteiger partial charge in [-0.15, -0.1) is 0 Å². The van der Waals surface area contributed by atoms with Crippen molar-refractivity contribution in [1.29, 1.82) is 0 Å². The number of carboxylic acid groups (broad SMARTS) is 1. The summed E-state index contributed by atoms with van der Waals surface area (Å²) in [5, 5.41) is 11.2. The van der Waals surface area contributed by atoms with Crippen molar-refractivity contribution in [2.45, 2.75) is 45.7 Å². The monoisotopic (exact) mass is 274 g/mol. The molecule has 1 amide bonds. The van der Waals surface area contributed by atoms with Crippen LogP contribution in [0.25, 0.3) is 0 Å². The number of carboxylic acids is 1. The molecule has 0 fully saturated rings. The average molecular weight is 274 g/mol. The van der Waals surface area contributed by atoms with Crippen LogP contribution in [0.5, 0.6) is 0 Å². The largest absolute Gasteiger partial charge is 0.481 e. The molecule has 4 N–H and O–H groups in total. The minimum absolute atomic E-state index is 0.0515. The summed E-state index contributed by atoms with van der Waals surface area (Å²) < 4.78 is 4.88. The molecule has 0 aromatic carbocycles. The van der Waals surface area contributed by atoms with Crippen LogP contribution in [0.15, 0.2) is 0 Å². The van der Waals surface area contributed by atoms with Gasteiger partial charge >= 0.3 is 11.9 Å². The highest BCUT2D eigenvalue weighted by molar-refractivity contribution is 5.86. The quantitative estimate of drug-likeness (QED) is 0.531. The number of carbonyl (C=O) groups excluding carboxylic acids is 2. The number of rotatable bonds is 8. The van der Waals surface area contributed by atoms with Gasteiger partial charge in [-0.1, -0.05) is 20.3 Å². The van der Waals surface area contributed by atoms with Gasteiger partial charge in [0.15, 0.2) is 0 Å². The van der Waals surface area contributed by atoms with Gasteiger partial charge in [0.05, 0.1) is 18.5 Å². The Bertz CT molecular complexity index is 332. The molecule has 0 spiro atoms. The summed E-state index contributed by atoms with van der Waals surface area (Å²) in [5.41, 5.74) is 5.46. The first-order valence-electron chi connectivity index (χ1n) is 6.19. The number of hydrogen-bond donors (Lipinski definition) is 3.